The maximum Gasteiger partial charge on any atom is 0.162 e. The first kappa shape index (κ1) is 12.9. The zero-order valence-corrected chi connectivity index (χ0v) is 11.4. The van der Waals surface area contributed by atoms with E-state index < -0.39 is 0 Å². The minimum absolute atomic E-state index is 0.108. The lowest BCUT2D eigenvalue weighted by atomic mass is 9.94. The molecule has 1 aliphatic rings. The maximum absolute atomic E-state index is 11.7. The van der Waals surface area contributed by atoms with Gasteiger partial charge in [-0.1, -0.05) is 20.8 Å². The van der Waals surface area contributed by atoms with Crippen LogP contribution in [0.15, 0.2) is 18.2 Å². The van der Waals surface area contributed by atoms with Gasteiger partial charge in [-0.05, 0) is 31.0 Å². The fourth-order valence-corrected chi connectivity index (χ4v) is 2.30. The van der Waals surface area contributed by atoms with Gasteiger partial charge in [-0.15, -0.1) is 0 Å². The van der Waals surface area contributed by atoms with Gasteiger partial charge in [0.15, 0.2) is 5.78 Å². The molecule has 0 unspecified atom stereocenters. The summed E-state index contributed by atoms with van der Waals surface area (Å²) in [6.45, 7) is 6.97. The van der Waals surface area contributed by atoms with Crippen LogP contribution in [-0.2, 0) is 0 Å². The van der Waals surface area contributed by atoms with Crippen LogP contribution in [0.25, 0.3) is 0 Å². The molecule has 0 spiro atoms. The van der Waals surface area contributed by atoms with E-state index >= 15 is 0 Å². The third kappa shape index (κ3) is 2.22. The minimum atomic E-state index is -0.108. The number of benzene rings is 1. The van der Waals surface area contributed by atoms with E-state index in [1.807, 2.05) is 25.1 Å². The Balaban J connectivity index is 2.28. The Kier molecular flexibility index (Phi) is 3.60. The van der Waals surface area contributed by atoms with Crippen molar-refractivity contribution < 1.29 is 9.53 Å². The largest absolute Gasteiger partial charge is 0.483 e. The van der Waals surface area contributed by atoms with E-state index in [0.717, 1.165) is 36.4 Å². The van der Waals surface area contributed by atoms with Gasteiger partial charge in [-0.2, -0.15) is 0 Å². The second kappa shape index (κ2) is 5.01. The average molecular weight is 247 g/mol. The quantitative estimate of drug-likeness (QED) is 0.825. The molecule has 0 aliphatic carbocycles. The summed E-state index contributed by atoms with van der Waals surface area (Å²) in [6, 6.07) is 5.66. The highest BCUT2D eigenvalue weighted by Gasteiger charge is 2.32. The summed E-state index contributed by atoms with van der Waals surface area (Å²) < 4.78 is 6.11. The fourth-order valence-electron chi connectivity index (χ4n) is 2.30. The number of anilines is 1. The number of carbonyl (C=O) groups excluding carboxylic acids is 1. The smallest absolute Gasteiger partial charge is 0.162 e. The number of fused-ring (bicyclic) bond motifs is 1. The standard InChI is InChI=1S/C15H21NO2/c1-4-13(17)11-7-8-14-12(9-11)16-10-15(5-2,6-3)18-14/h7-9,16H,4-6,10H2,1-3H3. The monoisotopic (exact) mass is 247 g/mol. The van der Waals surface area contributed by atoms with E-state index in [1.165, 1.54) is 0 Å². The molecular formula is C15H21NO2. The van der Waals surface area contributed by atoms with Crippen molar-refractivity contribution in [1.82, 2.24) is 0 Å². The van der Waals surface area contributed by atoms with Gasteiger partial charge in [0.2, 0.25) is 0 Å². The first-order chi connectivity index (χ1) is 8.64. The van der Waals surface area contributed by atoms with E-state index in [0.29, 0.717) is 6.42 Å². The predicted molar refractivity (Wildman–Crippen MR) is 73.5 cm³/mol. The van der Waals surface area contributed by atoms with E-state index in [1.54, 1.807) is 0 Å². The Labute approximate surface area is 109 Å². The molecule has 0 fully saturated rings. The Morgan fingerprint density at radius 1 is 1.33 bits per heavy atom. The first-order valence-electron chi connectivity index (χ1n) is 6.74. The normalized spacial score (nSPS) is 16.4. The van der Waals surface area contributed by atoms with Crippen molar-refractivity contribution >= 4 is 11.5 Å². The molecule has 0 amide bonds. The number of ether oxygens (including phenoxy) is 1. The van der Waals surface area contributed by atoms with Crippen LogP contribution in [0.3, 0.4) is 0 Å². The molecular weight excluding hydrogens is 226 g/mol. The highest BCUT2D eigenvalue weighted by molar-refractivity contribution is 5.97. The molecule has 1 heterocycles. The van der Waals surface area contributed by atoms with Crippen LogP contribution < -0.4 is 10.1 Å². The molecule has 0 radical (unpaired) electrons. The number of Topliss-reactive ketones (excluding diaryl/α,β-unsaturated/α-hetero) is 1. The van der Waals surface area contributed by atoms with Gasteiger partial charge >= 0.3 is 0 Å². The van der Waals surface area contributed by atoms with Crippen LogP contribution in [0.2, 0.25) is 0 Å². The van der Waals surface area contributed by atoms with E-state index in [4.69, 9.17) is 4.74 Å². The molecule has 3 heteroatoms. The van der Waals surface area contributed by atoms with E-state index in [-0.39, 0.29) is 11.4 Å². The van der Waals surface area contributed by atoms with Crippen LogP contribution in [-0.4, -0.2) is 17.9 Å². The Bertz CT molecular complexity index is 450. The summed E-state index contributed by atoms with van der Waals surface area (Å²) in [6.07, 6.45) is 2.49. The topological polar surface area (TPSA) is 38.3 Å². The van der Waals surface area contributed by atoms with Crippen molar-refractivity contribution in [3.05, 3.63) is 23.8 Å². The number of nitrogens with one attached hydrogen (secondary N) is 1. The van der Waals surface area contributed by atoms with Gasteiger partial charge in [-0.3, -0.25) is 4.79 Å². The SMILES string of the molecule is CCC(=O)c1ccc2c(c1)NCC(CC)(CC)O2. The van der Waals surface area contributed by atoms with Crippen LogP contribution in [0.4, 0.5) is 5.69 Å². The molecule has 1 aliphatic heterocycles. The molecule has 0 bridgehead atoms. The lowest BCUT2D eigenvalue weighted by molar-refractivity contribution is 0.0670. The second-order valence-corrected chi connectivity index (χ2v) is 4.83. The van der Waals surface area contributed by atoms with Crippen LogP contribution in [0, 0.1) is 0 Å². The number of ketones is 1. The summed E-state index contributed by atoms with van der Waals surface area (Å²) >= 11 is 0. The fraction of sp³-hybridized carbons (Fsp3) is 0.533. The maximum atomic E-state index is 11.7. The Morgan fingerprint density at radius 2 is 2.06 bits per heavy atom. The predicted octanol–water partition coefficient (Wildman–Crippen LogP) is 3.64. The summed E-state index contributed by atoms with van der Waals surface area (Å²) in [5, 5.41) is 3.40. The van der Waals surface area contributed by atoms with E-state index in [9.17, 15) is 4.79 Å². The Hall–Kier alpha value is -1.51. The molecule has 3 nitrogen and oxygen atoms in total. The molecule has 18 heavy (non-hydrogen) atoms. The van der Waals surface area contributed by atoms with Crippen molar-refractivity contribution in [3.63, 3.8) is 0 Å². The van der Waals surface area contributed by atoms with Crippen molar-refractivity contribution in [2.24, 2.45) is 0 Å². The van der Waals surface area contributed by atoms with Crippen molar-refractivity contribution in [1.29, 1.82) is 0 Å². The van der Waals surface area contributed by atoms with Gasteiger partial charge in [0, 0.05) is 12.0 Å². The molecule has 0 atom stereocenters. The average Bonchev–Trinajstić information content (AvgIpc) is 2.45. The third-order valence-corrected chi connectivity index (χ3v) is 3.84. The third-order valence-electron chi connectivity index (χ3n) is 3.84. The molecule has 1 aromatic carbocycles. The number of rotatable bonds is 4. The highest BCUT2D eigenvalue weighted by atomic mass is 16.5. The number of hydrogen-bond donors (Lipinski definition) is 1. The molecule has 98 valence electrons. The number of hydrogen-bond acceptors (Lipinski definition) is 3. The van der Waals surface area contributed by atoms with Crippen molar-refractivity contribution in [2.75, 3.05) is 11.9 Å². The van der Waals surface area contributed by atoms with Gasteiger partial charge in [0.1, 0.15) is 11.4 Å². The highest BCUT2D eigenvalue weighted by Crippen LogP contribution is 2.36. The summed E-state index contributed by atoms with van der Waals surface area (Å²) in [5.41, 5.74) is 1.59. The molecule has 0 aromatic heterocycles. The Morgan fingerprint density at radius 3 is 2.67 bits per heavy atom. The van der Waals surface area contributed by atoms with Crippen LogP contribution in [0.1, 0.15) is 50.4 Å². The van der Waals surface area contributed by atoms with Crippen molar-refractivity contribution in [3.8, 4) is 5.75 Å². The summed E-state index contributed by atoms with van der Waals surface area (Å²) in [7, 11) is 0. The van der Waals surface area contributed by atoms with Crippen LogP contribution in [0.5, 0.6) is 5.75 Å². The zero-order valence-electron chi connectivity index (χ0n) is 11.4. The first-order valence-corrected chi connectivity index (χ1v) is 6.74. The minimum Gasteiger partial charge on any atom is -0.483 e. The number of carbonyl (C=O) groups is 1. The van der Waals surface area contributed by atoms with Gasteiger partial charge in [0.05, 0.1) is 12.2 Å². The molecule has 0 saturated carbocycles. The van der Waals surface area contributed by atoms with Crippen LogP contribution >= 0.6 is 0 Å². The lowest BCUT2D eigenvalue weighted by Crippen LogP contribution is -2.44. The van der Waals surface area contributed by atoms with Crippen molar-refractivity contribution in [2.45, 2.75) is 45.6 Å². The van der Waals surface area contributed by atoms with E-state index in [2.05, 4.69) is 19.2 Å². The second-order valence-electron chi connectivity index (χ2n) is 4.83. The summed E-state index contributed by atoms with van der Waals surface area (Å²) in [5.74, 6) is 1.03. The zero-order chi connectivity index (χ0) is 13.2. The van der Waals surface area contributed by atoms with Gasteiger partial charge in [-0.25, -0.2) is 0 Å². The molecule has 0 saturated heterocycles. The molecule has 2 rings (SSSR count). The summed E-state index contributed by atoms with van der Waals surface area (Å²) in [4.78, 5) is 11.7. The molecule has 1 aromatic rings. The molecule has 1 N–H and O–H groups in total. The van der Waals surface area contributed by atoms with Gasteiger partial charge in [0.25, 0.3) is 0 Å². The lowest BCUT2D eigenvalue weighted by Gasteiger charge is -2.38. The van der Waals surface area contributed by atoms with Gasteiger partial charge < -0.3 is 10.1 Å².